The van der Waals surface area contributed by atoms with Gasteiger partial charge in [0.25, 0.3) is 0 Å². The molecule has 0 spiro atoms. The van der Waals surface area contributed by atoms with Gasteiger partial charge in [-0.2, -0.15) is 5.10 Å². The molecule has 2 rings (SSSR count). The highest BCUT2D eigenvalue weighted by molar-refractivity contribution is 6.31. The molecule has 1 N–H and O–H groups in total. The van der Waals surface area contributed by atoms with E-state index in [9.17, 15) is 9.59 Å². The molecule has 1 amide bonds. The maximum Gasteiger partial charge on any atom is 0.248 e. The summed E-state index contributed by atoms with van der Waals surface area (Å²) >= 11 is 6.09. The van der Waals surface area contributed by atoms with Crippen molar-refractivity contribution in [3.8, 4) is 0 Å². The van der Waals surface area contributed by atoms with E-state index in [1.54, 1.807) is 42.1 Å². The number of anilines is 1. The lowest BCUT2D eigenvalue weighted by Crippen LogP contribution is -2.07. The van der Waals surface area contributed by atoms with E-state index in [1.165, 1.54) is 13.0 Å². The first-order chi connectivity index (χ1) is 10.4. The Kier molecular flexibility index (Phi) is 4.78. The summed E-state index contributed by atoms with van der Waals surface area (Å²) in [6.07, 6.45) is 3.03. The average molecular weight is 318 g/mol. The van der Waals surface area contributed by atoms with Gasteiger partial charge in [-0.25, -0.2) is 0 Å². The van der Waals surface area contributed by atoms with Crippen molar-refractivity contribution < 1.29 is 9.59 Å². The number of aromatic nitrogens is 2. The second-order valence-electron chi connectivity index (χ2n) is 4.87. The van der Waals surface area contributed by atoms with Gasteiger partial charge < -0.3 is 5.32 Å². The third-order valence-corrected chi connectivity index (χ3v) is 3.60. The van der Waals surface area contributed by atoms with Gasteiger partial charge in [-0.3, -0.25) is 14.3 Å². The van der Waals surface area contributed by atoms with Gasteiger partial charge in [0.2, 0.25) is 5.91 Å². The highest BCUT2D eigenvalue weighted by Gasteiger charge is 2.08. The SMILES string of the molecule is CC(=O)c1ccc(NC(=O)/C=C/c2c(C)nn(C)c2Cl)cc1. The van der Waals surface area contributed by atoms with Gasteiger partial charge in [-0.05, 0) is 44.2 Å². The van der Waals surface area contributed by atoms with E-state index in [-0.39, 0.29) is 11.7 Å². The van der Waals surface area contributed by atoms with Gasteiger partial charge in [0, 0.05) is 29.9 Å². The standard InChI is InChI=1S/C16H16ClN3O2/c1-10-14(16(17)20(3)19-10)8-9-15(22)18-13-6-4-12(5-7-13)11(2)21/h4-9H,1-3H3,(H,18,22)/b9-8+. The zero-order valence-corrected chi connectivity index (χ0v) is 13.3. The molecule has 0 saturated heterocycles. The first-order valence-electron chi connectivity index (χ1n) is 6.67. The highest BCUT2D eigenvalue weighted by atomic mass is 35.5. The first-order valence-corrected chi connectivity index (χ1v) is 7.05. The second-order valence-corrected chi connectivity index (χ2v) is 5.23. The van der Waals surface area contributed by atoms with Crippen LogP contribution in [-0.4, -0.2) is 21.5 Å². The van der Waals surface area contributed by atoms with Crippen LogP contribution in [0.25, 0.3) is 6.08 Å². The normalized spacial score (nSPS) is 10.9. The fourth-order valence-electron chi connectivity index (χ4n) is 1.97. The van der Waals surface area contributed by atoms with E-state index in [0.29, 0.717) is 22.0 Å². The van der Waals surface area contributed by atoms with E-state index >= 15 is 0 Å². The van der Waals surface area contributed by atoms with Gasteiger partial charge in [-0.1, -0.05) is 11.6 Å². The Balaban J connectivity index is 2.06. The Morgan fingerprint density at radius 1 is 1.27 bits per heavy atom. The molecule has 0 saturated carbocycles. The van der Waals surface area contributed by atoms with Crippen LogP contribution in [0, 0.1) is 6.92 Å². The topological polar surface area (TPSA) is 64.0 Å². The summed E-state index contributed by atoms with van der Waals surface area (Å²) in [6, 6.07) is 6.71. The van der Waals surface area contributed by atoms with Gasteiger partial charge in [0.15, 0.2) is 5.78 Å². The number of rotatable bonds is 4. The lowest BCUT2D eigenvalue weighted by Gasteiger charge is -2.02. The van der Waals surface area contributed by atoms with Crippen LogP contribution in [0.15, 0.2) is 30.3 Å². The van der Waals surface area contributed by atoms with E-state index in [2.05, 4.69) is 10.4 Å². The largest absolute Gasteiger partial charge is 0.323 e. The van der Waals surface area contributed by atoms with Crippen LogP contribution in [0.2, 0.25) is 5.15 Å². The van der Waals surface area contributed by atoms with E-state index in [0.717, 1.165) is 5.69 Å². The molecule has 0 aliphatic carbocycles. The van der Waals surface area contributed by atoms with Crippen LogP contribution in [0.4, 0.5) is 5.69 Å². The molecule has 0 unspecified atom stereocenters. The summed E-state index contributed by atoms with van der Waals surface area (Å²) in [7, 11) is 1.74. The third kappa shape index (κ3) is 3.62. The summed E-state index contributed by atoms with van der Waals surface area (Å²) in [6.45, 7) is 3.32. The number of benzene rings is 1. The minimum atomic E-state index is -0.283. The minimum absolute atomic E-state index is 0.0144. The summed E-state index contributed by atoms with van der Waals surface area (Å²) in [4.78, 5) is 23.1. The second kappa shape index (κ2) is 6.58. The molecule has 6 heteroatoms. The van der Waals surface area contributed by atoms with Crippen LogP contribution in [-0.2, 0) is 11.8 Å². The minimum Gasteiger partial charge on any atom is -0.323 e. The van der Waals surface area contributed by atoms with Crippen molar-refractivity contribution in [2.24, 2.45) is 7.05 Å². The molecule has 114 valence electrons. The summed E-state index contributed by atoms with van der Waals surface area (Å²) in [5.41, 5.74) is 2.69. The fraction of sp³-hybridized carbons (Fsp3) is 0.188. The Morgan fingerprint density at radius 3 is 2.41 bits per heavy atom. The van der Waals surface area contributed by atoms with Gasteiger partial charge >= 0.3 is 0 Å². The number of Topliss-reactive ketones (excluding diaryl/α,β-unsaturated/α-hetero) is 1. The highest BCUT2D eigenvalue weighted by Crippen LogP contribution is 2.20. The number of amides is 1. The molecule has 0 aliphatic rings. The fourth-order valence-corrected chi connectivity index (χ4v) is 2.20. The molecule has 5 nitrogen and oxygen atoms in total. The smallest absolute Gasteiger partial charge is 0.248 e. The Hall–Kier alpha value is -2.40. The first kappa shape index (κ1) is 16.0. The molecule has 0 radical (unpaired) electrons. The maximum atomic E-state index is 11.9. The Labute approximate surface area is 133 Å². The van der Waals surface area contributed by atoms with E-state index in [1.807, 2.05) is 6.92 Å². The number of carbonyl (C=O) groups excluding carboxylic acids is 2. The van der Waals surface area contributed by atoms with E-state index in [4.69, 9.17) is 11.6 Å². The molecule has 0 atom stereocenters. The summed E-state index contributed by atoms with van der Waals surface area (Å²) in [5.74, 6) is -0.297. The van der Waals surface area contributed by atoms with E-state index < -0.39 is 0 Å². The van der Waals surface area contributed by atoms with Gasteiger partial charge in [0.05, 0.1) is 5.69 Å². The Morgan fingerprint density at radius 2 is 1.91 bits per heavy atom. The number of nitrogens with one attached hydrogen (secondary N) is 1. The number of hydrogen-bond donors (Lipinski definition) is 1. The number of ketones is 1. The number of hydrogen-bond acceptors (Lipinski definition) is 3. The van der Waals surface area contributed by atoms with Crippen LogP contribution < -0.4 is 5.32 Å². The number of aryl methyl sites for hydroxylation is 2. The number of halogens is 1. The van der Waals surface area contributed by atoms with Crippen LogP contribution >= 0.6 is 11.6 Å². The molecule has 1 aromatic carbocycles. The molecule has 2 aromatic rings. The quantitative estimate of drug-likeness (QED) is 0.695. The zero-order valence-electron chi connectivity index (χ0n) is 12.6. The predicted molar refractivity (Wildman–Crippen MR) is 87.1 cm³/mol. The Bertz CT molecular complexity index is 745. The van der Waals surface area contributed by atoms with Crippen molar-refractivity contribution in [2.75, 3.05) is 5.32 Å². The third-order valence-electron chi connectivity index (χ3n) is 3.16. The number of carbonyl (C=O) groups is 2. The monoisotopic (exact) mass is 317 g/mol. The number of nitrogens with zero attached hydrogens (tertiary/aromatic N) is 2. The lowest BCUT2D eigenvalue weighted by molar-refractivity contribution is -0.111. The molecular formula is C16H16ClN3O2. The van der Waals surface area contributed by atoms with Crippen molar-refractivity contribution in [2.45, 2.75) is 13.8 Å². The van der Waals surface area contributed by atoms with Crippen LogP contribution in [0.5, 0.6) is 0 Å². The van der Waals surface area contributed by atoms with Gasteiger partial charge in [0.1, 0.15) is 5.15 Å². The molecule has 1 aromatic heterocycles. The van der Waals surface area contributed by atoms with Crippen molar-refractivity contribution in [1.29, 1.82) is 0 Å². The van der Waals surface area contributed by atoms with Crippen LogP contribution in [0.1, 0.15) is 28.5 Å². The lowest BCUT2D eigenvalue weighted by atomic mass is 10.1. The molecule has 0 fully saturated rings. The zero-order chi connectivity index (χ0) is 16.3. The molecule has 22 heavy (non-hydrogen) atoms. The maximum absolute atomic E-state index is 11.9. The average Bonchev–Trinajstić information content (AvgIpc) is 2.70. The van der Waals surface area contributed by atoms with Crippen molar-refractivity contribution in [3.05, 3.63) is 52.3 Å². The predicted octanol–water partition coefficient (Wildman–Crippen LogP) is 3.24. The molecular weight excluding hydrogens is 302 g/mol. The van der Waals surface area contributed by atoms with Gasteiger partial charge in [-0.15, -0.1) is 0 Å². The van der Waals surface area contributed by atoms with Crippen molar-refractivity contribution in [3.63, 3.8) is 0 Å². The van der Waals surface area contributed by atoms with Crippen molar-refractivity contribution in [1.82, 2.24) is 9.78 Å². The molecule has 1 heterocycles. The molecule has 0 bridgehead atoms. The van der Waals surface area contributed by atoms with Crippen molar-refractivity contribution >= 4 is 35.1 Å². The summed E-state index contributed by atoms with van der Waals surface area (Å²) < 4.78 is 1.55. The van der Waals surface area contributed by atoms with Crippen LogP contribution in [0.3, 0.4) is 0 Å². The summed E-state index contributed by atoms with van der Waals surface area (Å²) in [5, 5.41) is 7.36. The molecule has 0 aliphatic heterocycles.